The van der Waals surface area contributed by atoms with Gasteiger partial charge in [0, 0.05) is 34.6 Å². The van der Waals surface area contributed by atoms with E-state index < -0.39 is 0 Å². The molecule has 0 bridgehead atoms. The lowest BCUT2D eigenvalue weighted by molar-refractivity contribution is -0.147. The molecule has 0 saturated carbocycles. The van der Waals surface area contributed by atoms with Crippen LogP contribution in [0.3, 0.4) is 0 Å². The zero-order valence-corrected chi connectivity index (χ0v) is 16.0. The summed E-state index contributed by atoms with van der Waals surface area (Å²) < 4.78 is 5.14. The second-order valence-electron chi connectivity index (χ2n) is 6.95. The van der Waals surface area contributed by atoms with Gasteiger partial charge in [-0.15, -0.1) is 0 Å². The molecule has 4 aromatic rings. The fraction of sp³-hybridized carbons (Fsp3) is 0.167. The lowest BCUT2D eigenvalue weighted by Crippen LogP contribution is -2.21. The number of aromatic amines is 1. The highest BCUT2D eigenvalue weighted by Gasteiger charge is 2.10. The Hall–Kier alpha value is -3.60. The second kappa shape index (κ2) is 8.61. The summed E-state index contributed by atoms with van der Waals surface area (Å²) in [5, 5.41) is 5.99. The Morgan fingerprint density at radius 3 is 2.55 bits per heavy atom. The SMILES string of the molecule is O=C(COC(=O)CCCc1c[nH]c2ccccc12)Nc1cccc2ccccc12. The fourth-order valence-corrected chi connectivity index (χ4v) is 3.50. The molecule has 29 heavy (non-hydrogen) atoms. The van der Waals surface area contributed by atoms with E-state index in [9.17, 15) is 9.59 Å². The van der Waals surface area contributed by atoms with Gasteiger partial charge in [0.25, 0.3) is 5.91 Å². The van der Waals surface area contributed by atoms with E-state index in [0.29, 0.717) is 12.1 Å². The van der Waals surface area contributed by atoms with Crippen molar-refractivity contribution in [1.29, 1.82) is 0 Å². The van der Waals surface area contributed by atoms with E-state index in [1.807, 2.05) is 66.9 Å². The average Bonchev–Trinajstić information content (AvgIpc) is 3.16. The highest BCUT2D eigenvalue weighted by atomic mass is 16.5. The van der Waals surface area contributed by atoms with Gasteiger partial charge in [0.2, 0.25) is 0 Å². The molecule has 5 nitrogen and oxygen atoms in total. The molecular formula is C24H22N2O3. The Balaban J connectivity index is 1.24. The summed E-state index contributed by atoms with van der Waals surface area (Å²) in [7, 11) is 0. The van der Waals surface area contributed by atoms with Crippen LogP contribution in [-0.4, -0.2) is 23.5 Å². The molecule has 0 atom stereocenters. The molecule has 4 rings (SSSR count). The van der Waals surface area contributed by atoms with Crippen molar-refractivity contribution >= 4 is 39.2 Å². The number of para-hydroxylation sites is 1. The highest BCUT2D eigenvalue weighted by molar-refractivity contribution is 6.02. The maximum absolute atomic E-state index is 12.2. The molecule has 1 amide bonds. The van der Waals surface area contributed by atoms with Crippen LogP contribution >= 0.6 is 0 Å². The van der Waals surface area contributed by atoms with Gasteiger partial charge in [0.15, 0.2) is 6.61 Å². The molecule has 146 valence electrons. The normalized spacial score (nSPS) is 10.9. The summed E-state index contributed by atoms with van der Waals surface area (Å²) in [5.41, 5.74) is 2.99. The first kappa shape index (κ1) is 18.7. The third kappa shape index (κ3) is 4.46. The molecule has 1 aromatic heterocycles. The van der Waals surface area contributed by atoms with Gasteiger partial charge in [-0.05, 0) is 35.9 Å². The summed E-state index contributed by atoms with van der Waals surface area (Å²) in [4.78, 5) is 27.4. The lowest BCUT2D eigenvalue weighted by Gasteiger charge is -2.09. The van der Waals surface area contributed by atoms with Gasteiger partial charge >= 0.3 is 5.97 Å². The first-order valence-electron chi connectivity index (χ1n) is 9.69. The summed E-state index contributed by atoms with van der Waals surface area (Å²) in [6, 6.07) is 21.6. The lowest BCUT2D eigenvalue weighted by atomic mass is 10.1. The Labute approximate surface area is 168 Å². The first-order valence-corrected chi connectivity index (χ1v) is 9.69. The zero-order chi connectivity index (χ0) is 20.1. The Kier molecular flexibility index (Phi) is 5.56. The van der Waals surface area contributed by atoms with Crippen molar-refractivity contribution in [3.8, 4) is 0 Å². The van der Waals surface area contributed by atoms with Crippen LogP contribution in [0, 0.1) is 0 Å². The van der Waals surface area contributed by atoms with E-state index in [1.54, 1.807) is 0 Å². The Bertz CT molecular complexity index is 1160. The van der Waals surface area contributed by atoms with E-state index in [0.717, 1.165) is 22.7 Å². The van der Waals surface area contributed by atoms with Gasteiger partial charge in [0.05, 0.1) is 0 Å². The van der Waals surface area contributed by atoms with Crippen molar-refractivity contribution in [3.05, 3.63) is 78.5 Å². The van der Waals surface area contributed by atoms with Crippen molar-refractivity contribution < 1.29 is 14.3 Å². The van der Waals surface area contributed by atoms with Gasteiger partial charge < -0.3 is 15.0 Å². The van der Waals surface area contributed by atoms with Crippen molar-refractivity contribution in [2.24, 2.45) is 0 Å². The fourth-order valence-electron chi connectivity index (χ4n) is 3.50. The molecule has 0 spiro atoms. The van der Waals surface area contributed by atoms with Crippen LogP contribution in [0.15, 0.2) is 72.9 Å². The molecular weight excluding hydrogens is 364 g/mol. The largest absolute Gasteiger partial charge is 0.456 e. The van der Waals surface area contributed by atoms with E-state index in [2.05, 4.69) is 16.4 Å². The number of H-pyrrole nitrogens is 1. The number of anilines is 1. The average molecular weight is 386 g/mol. The van der Waals surface area contributed by atoms with Gasteiger partial charge in [-0.3, -0.25) is 9.59 Å². The van der Waals surface area contributed by atoms with Crippen molar-refractivity contribution in [1.82, 2.24) is 4.98 Å². The Morgan fingerprint density at radius 2 is 1.66 bits per heavy atom. The van der Waals surface area contributed by atoms with Gasteiger partial charge in [-0.1, -0.05) is 54.6 Å². The van der Waals surface area contributed by atoms with E-state index in [1.165, 1.54) is 10.9 Å². The van der Waals surface area contributed by atoms with Crippen LogP contribution in [0.2, 0.25) is 0 Å². The van der Waals surface area contributed by atoms with Crippen LogP contribution in [0.4, 0.5) is 5.69 Å². The number of nitrogens with one attached hydrogen (secondary N) is 2. The number of benzene rings is 3. The van der Waals surface area contributed by atoms with Gasteiger partial charge in [-0.25, -0.2) is 0 Å². The summed E-state index contributed by atoms with van der Waals surface area (Å²) in [6.07, 6.45) is 3.71. The number of hydrogen-bond donors (Lipinski definition) is 2. The molecule has 0 fully saturated rings. The van der Waals surface area contributed by atoms with E-state index in [-0.39, 0.29) is 24.9 Å². The van der Waals surface area contributed by atoms with Crippen molar-refractivity contribution in [3.63, 3.8) is 0 Å². The predicted molar refractivity (Wildman–Crippen MR) is 115 cm³/mol. The highest BCUT2D eigenvalue weighted by Crippen LogP contribution is 2.23. The number of ether oxygens (including phenoxy) is 1. The van der Waals surface area contributed by atoms with Crippen molar-refractivity contribution in [2.75, 3.05) is 11.9 Å². The number of aromatic nitrogens is 1. The number of amides is 1. The molecule has 0 aliphatic heterocycles. The van der Waals surface area contributed by atoms with Crippen LogP contribution in [0.25, 0.3) is 21.7 Å². The molecule has 0 saturated heterocycles. The summed E-state index contributed by atoms with van der Waals surface area (Å²) in [6.45, 7) is -0.283. The number of carbonyl (C=O) groups excluding carboxylic acids is 2. The molecule has 3 aromatic carbocycles. The molecule has 2 N–H and O–H groups in total. The minimum atomic E-state index is -0.363. The molecule has 0 aliphatic carbocycles. The topological polar surface area (TPSA) is 71.2 Å². The number of esters is 1. The minimum absolute atomic E-state index is 0.279. The molecule has 0 radical (unpaired) electrons. The van der Waals surface area contributed by atoms with E-state index >= 15 is 0 Å². The van der Waals surface area contributed by atoms with Crippen LogP contribution in [-0.2, 0) is 20.7 Å². The second-order valence-corrected chi connectivity index (χ2v) is 6.95. The zero-order valence-electron chi connectivity index (χ0n) is 16.0. The molecule has 5 heteroatoms. The van der Waals surface area contributed by atoms with Crippen LogP contribution in [0.1, 0.15) is 18.4 Å². The van der Waals surface area contributed by atoms with E-state index in [4.69, 9.17) is 4.74 Å². The maximum atomic E-state index is 12.2. The smallest absolute Gasteiger partial charge is 0.306 e. The summed E-state index contributed by atoms with van der Waals surface area (Å²) >= 11 is 0. The van der Waals surface area contributed by atoms with Crippen LogP contribution in [0.5, 0.6) is 0 Å². The van der Waals surface area contributed by atoms with Crippen molar-refractivity contribution in [2.45, 2.75) is 19.3 Å². The minimum Gasteiger partial charge on any atom is -0.456 e. The number of rotatable bonds is 7. The molecule has 1 heterocycles. The maximum Gasteiger partial charge on any atom is 0.306 e. The van der Waals surface area contributed by atoms with Gasteiger partial charge in [-0.2, -0.15) is 0 Å². The third-order valence-electron chi connectivity index (χ3n) is 4.93. The predicted octanol–water partition coefficient (Wildman–Crippen LogP) is 4.83. The number of fused-ring (bicyclic) bond motifs is 2. The standard InChI is InChI=1S/C24H22N2O3/c27-23(26-22-13-5-8-17-7-1-2-10-19(17)22)16-29-24(28)14-6-9-18-15-25-21-12-4-3-11-20(18)21/h1-5,7-8,10-13,15,25H,6,9,14,16H2,(H,26,27). The number of hydrogen-bond acceptors (Lipinski definition) is 3. The molecule has 0 unspecified atom stereocenters. The van der Waals surface area contributed by atoms with Crippen LogP contribution < -0.4 is 5.32 Å². The summed E-state index contributed by atoms with van der Waals surface area (Å²) in [5.74, 6) is -0.704. The monoisotopic (exact) mass is 386 g/mol. The Morgan fingerprint density at radius 1 is 0.897 bits per heavy atom. The van der Waals surface area contributed by atoms with Gasteiger partial charge in [0.1, 0.15) is 0 Å². The number of aryl methyl sites for hydroxylation is 1. The molecule has 0 aliphatic rings. The number of carbonyl (C=O) groups is 2. The third-order valence-corrected chi connectivity index (χ3v) is 4.93. The quantitative estimate of drug-likeness (QED) is 0.447. The first-order chi connectivity index (χ1) is 14.2.